The van der Waals surface area contributed by atoms with E-state index < -0.39 is 0 Å². The summed E-state index contributed by atoms with van der Waals surface area (Å²) < 4.78 is 7.62. The van der Waals surface area contributed by atoms with Crippen LogP contribution in [0.3, 0.4) is 0 Å². The van der Waals surface area contributed by atoms with Crippen LogP contribution in [0.1, 0.15) is 17.5 Å². The van der Waals surface area contributed by atoms with E-state index in [9.17, 15) is 0 Å². The number of aryl methyl sites for hydroxylation is 2. The summed E-state index contributed by atoms with van der Waals surface area (Å²) in [6, 6.07) is 12.4. The van der Waals surface area contributed by atoms with Gasteiger partial charge in [0.15, 0.2) is 5.16 Å². The smallest absolute Gasteiger partial charge is 0.191 e. The molecule has 0 radical (unpaired) electrons. The number of thiophene rings is 1. The average Bonchev–Trinajstić information content (AvgIpc) is 3.47. The minimum atomic E-state index is 0.677. The van der Waals surface area contributed by atoms with Gasteiger partial charge in [-0.3, -0.25) is 0 Å². The Kier molecular flexibility index (Phi) is 6.41. The second-order valence-corrected chi connectivity index (χ2v) is 8.86. The lowest BCUT2D eigenvalue weighted by Crippen LogP contribution is -2.01. The molecule has 0 amide bonds. The maximum absolute atomic E-state index is 5.50. The highest BCUT2D eigenvalue weighted by molar-refractivity contribution is 7.98. The van der Waals surface area contributed by atoms with Gasteiger partial charge in [-0.25, -0.2) is 4.98 Å². The van der Waals surface area contributed by atoms with Gasteiger partial charge in [0.05, 0.1) is 12.3 Å². The second-order valence-electron chi connectivity index (χ2n) is 6.03. The summed E-state index contributed by atoms with van der Waals surface area (Å²) in [5, 5.41) is 14.5. The van der Waals surface area contributed by atoms with E-state index in [0.717, 1.165) is 45.9 Å². The lowest BCUT2D eigenvalue weighted by Gasteiger charge is -2.04. The molecule has 0 aliphatic rings. The second kappa shape index (κ2) is 9.36. The average molecular weight is 429 g/mol. The van der Waals surface area contributed by atoms with Gasteiger partial charge < -0.3 is 9.30 Å². The van der Waals surface area contributed by atoms with Crippen molar-refractivity contribution >= 4 is 34.4 Å². The maximum Gasteiger partial charge on any atom is 0.191 e. The van der Waals surface area contributed by atoms with Crippen LogP contribution in [-0.2, 0) is 18.7 Å². The molecule has 0 unspecified atom stereocenters. The lowest BCUT2D eigenvalue weighted by atomic mass is 10.2. The van der Waals surface area contributed by atoms with Crippen LogP contribution in [0.5, 0.6) is 5.75 Å². The predicted molar refractivity (Wildman–Crippen MR) is 116 cm³/mol. The number of aromatic nitrogens is 4. The SMILES string of the molecule is CCOc1ccc(-c2nc(CSc3nncn3CCc3cccs3)cs2)cc1. The molecule has 5 nitrogen and oxygen atoms in total. The van der Waals surface area contributed by atoms with Crippen molar-refractivity contribution in [3.63, 3.8) is 0 Å². The van der Waals surface area contributed by atoms with Crippen molar-refractivity contribution < 1.29 is 4.74 Å². The summed E-state index contributed by atoms with van der Waals surface area (Å²) in [4.78, 5) is 6.15. The Hall–Kier alpha value is -2.16. The zero-order valence-electron chi connectivity index (χ0n) is 15.4. The molecule has 0 saturated heterocycles. The molecule has 144 valence electrons. The summed E-state index contributed by atoms with van der Waals surface area (Å²) in [5.41, 5.74) is 2.18. The summed E-state index contributed by atoms with van der Waals surface area (Å²) in [6.45, 7) is 3.56. The Balaban J connectivity index is 1.35. The molecule has 0 aliphatic heterocycles. The van der Waals surface area contributed by atoms with Crippen LogP contribution >= 0.6 is 34.4 Å². The van der Waals surface area contributed by atoms with Crippen molar-refractivity contribution in [3.8, 4) is 16.3 Å². The van der Waals surface area contributed by atoms with Crippen molar-refractivity contribution in [2.75, 3.05) is 6.61 Å². The molecule has 3 aromatic heterocycles. The van der Waals surface area contributed by atoms with E-state index in [2.05, 4.69) is 49.8 Å². The molecule has 3 heterocycles. The van der Waals surface area contributed by atoms with Gasteiger partial charge in [0, 0.05) is 28.1 Å². The van der Waals surface area contributed by atoms with Crippen LogP contribution in [0.2, 0.25) is 0 Å². The third-order valence-corrected chi connectivity index (χ3v) is 6.96. The molecule has 4 aromatic rings. The molecule has 0 fully saturated rings. The molecule has 8 heteroatoms. The monoisotopic (exact) mass is 428 g/mol. The minimum absolute atomic E-state index is 0.677. The molecule has 0 bridgehead atoms. The quantitative estimate of drug-likeness (QED) is 0.334. The van der Waals surface area contributed by atoms with Crippen LogP contribution in [-0.4, -0.2) is 26.4 Å². The van der Waals surface area contributed by atoms with Crippen molar-refractivity contribution in [1.82, 2.24) is 19.7 Å². The van der Waals surface area contributed by atoms with Crippen molar-refractivity contribution in [2.24, 2.45) is 0 Å². The fourth-order valence-electron chi connectivity index (χ4n) is 2.70. The number of benzene rings is 1. The predicted octanol–water partition coefficient (Wildman–Crippen LogP) is 5.40. The highest BCUT2D eigenvalue weighted by atomic mass is 32.2. The van der Waals surface area contributed by atoms with E-state index in [4.69, 9.17) is 9.72 Å². The van der Waals surface area contributed by atoms with E-state index in [0.29, 0.717) is 6.61 Å². The Morgan fingerprint density at radius 3 is 2.82 bits per heavy atom. The highest BCUT2D eigenvalue weighted by Gasteiger charge is 2.09. The van der Waals surface area contributed by atoms with Crippen LogP contribution in [0.15, 0.2) is 58.6 Å². The van der Waals surface area contributed by atoms with Crippen LogP contribution < -0.4 is 4.74 Å². The first-order chi connectivity index (χ1) is 13.8. The van der Waals surface area contributed by atoms with E-state index >= 15 is 0 Å². The third-order valence-electron chi connectivity index (χ3n) is 4.07. The van der Waals surface area contributed by atoms with Gasteiger partial charge in [-0.05, 0) is 49.1 Å². The van der Waals surface area contributed by atoms with Crippen LogP contribution in [0.25, 0.3) is 10.6 Å². The molecule has 0 N–H and O–H groups in total. The number of thioether (sulfide) groups is 1. The largest absolute Gasteiger partial charge is 0.494 e. The molecule has 0 saturated carbocycles. The van der Waals surface area contributed by atoms with E-state index in [1.54, 1.807) is 34.4 Å². The minimum Gasteiger partial charge on any atom is -0.494 e. The van der Waals surface area contributed by atoms with Gasteiger partial charge in [-0.15, -0.1) is 32.9 Å². The normalized spacial score (nSPS) is 11.0. The number of hydrogen-bond donors (Lipinski definition) is 0. The van der Waals surface area contributed by atoms with E-state index in [1.807, 2.05) is 25.4 Å². The standard InChI is InChI=1S/C20H20N4OS3/c1-2-25-17-7-5-15(6-8-17)19-22-16(12-27-19)13-28-20-23-21-14-24(20)10-9-18-4-3-11-26-18/h3-8,11-12,14H,2,9-10,13H2,1H3. The fraction of sp³-hybridized carbons (Fsp3) is 0.250. The van der Waals surface area contributed by atoms with E-state index in [1.165, 1.54) is 4.88 Å². The molecule has 1 aromatic carbocycles. The van der Waals surface area contributed by atoms with Gasteiger partial charge in [0.25, 0.3) is 0 Å². The molecule has 28 heavy (non-hydrogen) atoms. The highest BCUT2D eigenvalue weighted by Crippen LogP contribution is 2.28. The topological polar surface area (TPSA) is 52.8 Å². The Bertz CT molecular complexity index is 993. The Morgan fingerprint density at radius 2 is 2.04 bits per heavy atom. The van der Waals surface area contributed by atoms with E-state index in [-0.39, 0.29) is 0 Å². The van der Waals surface area contributed by atoms with Crippen LogP contribution in [0.4, 0.5) is 0 Å². The first-order valence-corrected chi connectivity index (χ1v) is 11.8. The first kappa shape index (κ1) is 19.2. The van der Waals surface area contributed by atoms with Crippen LogP contribution in [0, 0.1) is 0 Å². The first-order valence-electron chi connectivity index (χ1n) is 9.02. The van der Waals surface area contributed by atoms with Crippen molar-refractivity contribution in [3.05, 3.63) is 64.1 Å². The van der Waals surface area contributed by atoms with Gasteiger partial charge in [0.1, 0.15) is 17.1 Å². The van der Waals surface area contributed by atoms with Gasteiger partial charge in [0.2, 0.25) is 0 Å². The number of thiazole rings is 1. The summed E-state index contributed by atoms with van der Waals surface area (Å²) in [7, 11) is 0. The maximum atomic E-state index is 5.50. The molecule has 0 atom stereocenters. The van der Waals surface area contributed by atoms with Gasteiger partial charge >= 0.3 is 0 Å². The number of nitrogens with zero attached hydrogens (tertiary/aromatic N) is 4. The zero-order valence-corrected chi connectivity index (χ0v) is 17.9. The Morgan fingerprint density at radius 1 is 1.14 bits per heavy atom. The molecular formula is C20H20N4OS3. The molecule has 4 rings (SSSR count). The number of ether oxygens (including phenoxy) is 1. The molecule has 0 spiro atoms. The third kappa shape index (κ3) is 4.81. The fourth-order valence-corrected chi connectivity index (χ4v) is 5.16. The summed E-state index contributed by atoms with van der Waals surface area (Å²) in [5.74, 6) is 1.67. The molecule has 0 aliphatic carbocycles. The Labute approximate surface area is 176 Å². The number of hydrogen-bond acceptors (Lipinski definition) is 7. The lowest BCUT2D eigenvalue weighted by molar-refractivity contribution is 0.340. The molecular weight excluding hydrogens is 408 g/mol. The summed E-state index contributed by atoms with van der Waals surface area (Å²) in [6.07, 6.45) is 2.81. The van der Waals surface area contributed by atoms with Gasteiger partial charge in [-0.1, -0.05) is 17.8 Å². The van der Waals surface area contributed by atoms with Gasteiger partial charge in [-0.2, -0.15) is 0 Å². The van der Waals surface area contributed by atoms with Crippen molar-refractivity contribution in [1.29, 1.82) is 0 Å². The zero-order chi connectivity index (χ0) is 19.2. The van der Waals surface area contributed by atoms with Crippen molar-refractivity contribution in [2.45, 2.75) is 30.8 Å². The number of rotatable bonds is 9. The summed E-state index contributed by atoms with van der Waals surface area (Å²) >= 11 is 5.13.